The quantitative estimate of drug-likeness (QED) is 0.808. The summed E-state index contributed by atoms with van der Waals surface area (Å²) in [6, 6.07) is 3.50. The molecule has 20 heavy (non-hydrogen) atoms. The van der Waals surface area contributed by atoms with Crippen LogP contribution in [0.25, 0.3) is 0 Å². The first-order chi connectivity index (χ1) is 9.44. The molecule has 1 aromatic rings. The number of nitrogens with two attached hydrogens (primary N) is 1. The Morgan fingerprint density at radius 1 is 1.50 bits per heavy atom. The summed E-state index contributed by atoms with van der Waals surface area (Å²) in [6.07, 6.45) is 1.70. The number of nitrogens with one attached hydrogen (secondary N) is 1. The van der Waals surface area contributed by atoms with E-state index in [0.717, 1.165) is 25.0 Å². The maximum atomic E-state index is 13.6. The zero-order chi connectivity index (χ0) is 14.8. The van der Waals surface area contributed by atoms with Crippen LogP contribution >= 0.6 is 0 Å². The monoisotopic (exact) mass is 302 g/mol. The van der Waals surface area contributed by atoms with E-state index in [1.54, 1.807) is 0 Å². The van der Waals surface area contributed by atoms with Gasteiger partial charge in [0.15, 0.2) is 0 Å². The molecule has 0 aromatic heterocycles. The molecule has 0 aliphatic carbocycles. The predicted octanol–water partition coefficient (Wildman–Crippen LogP) is 1.50. The van der Waals surface area contributed by atoms with Crippen molar-refractivity contribution in [1.82, 2.24) is 4.72 Å². The van der Waals surface area contributed by atoms with Gasteiger partial charge >= 0.3 is 0 Å². The number of hydrogen-bond acceptors (Lipinski definition) is 4. The molecule has 1 saturated heterocycles. The van der Waals surface area contributed by atoms with E-state index >= 15 is 0 Å². The van der Waals surface area contributed by atoms with E-state index in [1.165, 1.54) is 6.07 Å². The predicted molar refractivity (Wildman–Crippen MR) is 74.1 cm³/mol. The van der Waals surface area contributed by atoms with Crippen LogP contribution in [0.4, 0.5) is 10.1 Å². The summed E-state index contributed by atoms with van der Waals surface area (Å²) in [7, 11) is -3.89. The van der Waals surface area contributed by atoms with Crippen molar-refractivity contribution in [2.24, 2.45) is 5.92 Å². The molecule has 1 aromatic carbocycles. The van der Waals surface area contributed by atoms with Crippen LogP contribution < -0.4 is 10.5 Å². The number of benzene rings is 1. The third-order valence-electron chi connectivity index (χ3n) is 3.53. The molecule has 2 rings (SSSR count). The molecule has 7 heteroatoms. The van der Waals surface area contributed by atoms with Gasteiger partial charge < -0.3 is 10.5 Å². The summed E-state index contributed by atoms with van der Waals surface area (Å²) >= 11 is 0. The van der Waals surface area contributed by atoms with E-state index in [0.29, 0.717) is 6.61 Å². The Bertz CT molecular complexity index is 577. The van der Waals surface area contributed by atoms with Crippen molar-refractivity contribution in [3.63, 3.8) is 0 Å². The van der Waals surface area contributed by atoms with E-state index in [9.17, 15) is 12.8 Å². The molecule has 0 amide bonds. The first kappa shape index (κ1) is 15.2. The van der Waals surface area contributed by atoms with Crippen molar-refractivity contribution < 1.29 is 17.5 Å². The van der Waals surface area contributed by atoms with Crippen molar-refractivity contribution in [2.75, 3.05) is 18.9 Å². The van der Waals surface area contributed by atoms with Crippen LogP contribution in [0.1, 0.15) is 19.8 Å². The van der Waals surface area contributed by atoms with Crippen LogP contribution in [0.5, 0.6) is 0 Å². The number of anilines is 1. The topological polar surface area (TPSA) is 81.4 Å². The third-order valence-corrected chi connectivity index (χ3v) is 4.97. The fourth-order valence-electron chi connectivity index (χ4n) is 2.40. The first-order valence-corrected chi connectivity index (χ1v) is 8.08. The van der Waals surface area contributed by atoms with Crippen LogP contribution in [0, 0.1) is 11.7 Å². The highest BCUT2D eigenvalue weighted by Crippen LogP contribution is 2.24. The van der Waals surface area contributed by atoms with Crippen LogP contribution in [0.2, 0.25) is 0 Å². The van der Waals surface area contributed by atoms with Gasteiger partial charge in [-0.15, -0.1) is 0 Å². The second kappa shape index (κ2) is 6.07. The highest BCUT2D eigenvalue weighted by atomic mass is 32.2. The van der Waals surface area contributed by atoms with E-state index in [1.807, 2.05) is 6.92 Å². The van der Waals surface area contributed by atoms with E-state index in [4.69, 9.17) is 10.5 Å². The van der Waals surface area contributed by atoms with Gasteiger partial charge in [0.25, 0.3) is 0 Å². The SMILES string of the molecule is CCC1OCCC1CNS(=O)(=O)c1cc(N)ccc1F. The lowest BCUT2D eigenvalue weighted by molar-refractivity contribution is 0.0884. The van der Waals surface area contributed by atoms with Gasteiger partial charge in [0.1, 0.15) is 10.7 Å². The molecular formula is C13H19FN2O3S. The number of nitrogen functional groups attached to an aromatic ring is 1. The molecule has 1 fully saturated rings. The summed E-state index contributed by atoms with van der Waals surface area (Å²) < 4.78 is 45.8. The number of rotatable bonds is 5. The molecular weight excluding hydrogens is 283 g/mol. The maximum Gasteiger partial charge on any atom is 0.243 e. The summed E-state index contributed by atoms with van der Waals surface area (Å²) in [6.45, 7) is 2.88. The molecule has 5 nitrogen and oxygen atoms in total. The minimum atomic E-state index is -3.89. The average Bonchev–Trinajstić information content (AvgIpc) is 2.86. The first-order valence-electron chi connectivity index (χ1n) is 6.60. The minimum absolute atomic E-state index is 0.0587. The average molecular weight is 302 g/mol. The normalized spacial score (nSPS) is 23.1. The van der Waals surface area contributed by atoms with E-state index in [-0.39, 0.29) is 24.3 Å². The fraction of sp³-hybridized carbons (Fsp3) is 0.538. The standard InChI is InChI=1S/C13H19FN2O3S/c1-2-12-9(5-6-19-12)8-16-20(17,18)13-7-10(15)3-4-11(13)14/h3-4,7,9,12,16H,2,5-6,8,15H2,1H3. The van der Waals surface area contributed by atoms with E-state index in [2.05, 4.69) is 4.72 Å². The molecule has 1 aliphatic rings. The Kier molecular flexibility index (Phi) is 4.62. The second-order valence-electron chi connectivity index (χ2n) is 4.91. The smallest absolute Gasteiger partial charge is 0.243 e. The Hall–Kier alpha value is -1.18. The van der Waals surface area contributed by atoms with Crippen LogP contribution in [0.3, 0.4) is 0 Å². The van der Waals surface area contributed by atoms with Gasteiger partial charge in [0.2, 0.25) is 10.0 Å². The Balaban J connectivity index is 2.09. The number of halogens is 1. The molecule has 2 unspecified atom stereocenters. The fourth-order valence-corrected chi connectivity index (χ4v) is 3.60. The molecule has 3 N–H and O–H groups in total. The molecule has 0 bridgehead atoms. The van der Waals surface area contributed by atoms with Crippen LogP contribution in [-0.4, -0.2) is 27.7 Å². The summed E-state index contributed by atoms with van der Waals surface area (Å²) in [4.78, 5) is -0.413. The van der Waals surface area contributed by atoms with Gasteiger partial charge in [-0.25, -0.2) is 17.5 Å². The Labute approximate surface area is 118 Å². The number of hydrogen-bond donors (Lipinski definition) is 2. The van der Waals surface area contributed by atoms with Crippen molar-refractivity contribution in [3.8, 4) is 0 Å². The summed E-state index contributed by atoms with van der Waals surface area (Å²) in [5.41, 5.74) is 5.72. The van der Waals surface area contributed by atoms with Gasteiger partial charge in [0.05, 0.1) is 6.10 Å². The molecule has 2 atom stereocenters. The van der Waals surface area contributed by atoms with Gasteiger partial charge in [0, 0.05) is 24.8 Å². The van der Waals surface area contributed by atoms with Gasteiger partial charge in [-0.2, -0.15) is 0 Å². The molecule has 0 radical (unpaired) electrons. The summed E-state index contributed by atoms with van der Waals surface area (Å²) in [5, 5.41) is 0. The zero-order valence-electron chi connectivity index (χ0n) is 11.3. The second-order valence-corrected chi connectivity index (χ2v) is 6.64. The van der Waals surface area contributed by atoms with Crippen molar-refractivity contribution in [3.05, 3.63) is 24.0 Å². The van der Waals surface area contributed by atoms with Gasteiger partial charge in [-0.1, -0.05) is 6.92 Å². The number of sulfonamides is 1. The molecule has 1 aliphatic heterocycles. The zero-order valence-corrected chi connectivity index (χ0v) is 12.1. The van der Waals surface area contributed by atoms with Gasteiger partial charge in [-0.3, -0.25) is 0 Å². The van der Waals surface area contributed by atoms with Crippen molar-refractivity contribution in [2.45, 2.75) is 30.8 Å². The van der Waals surface area contributed by atoms with Crippen molar-refractivity contribution >= 4 is 15.7 Å². The largest absolute Gasteiger partial charge is 0.399 e. The minimum Gasteiger partial charge on any atom is -0.399 e. The lowest BCUT2D eigenvalue weighted by atomic mass is 10.0. The Morgan fingerprint density at radius 2 is 2.25 bits per heavy atom. The third kappa shape index (κ3) is 3.28. The Morgan fingerprint density at radius 3 is 2.95 bits per heavy atom. The lowest BCUT2D eigenvalue weighted by Gasteiger charge is -2.17. The molecule has 0 spiro atoms. The number of ether oxygens (including phenoxy) is 1. The molecule has 0 saturated carbocycles. The molecule has 1 heterocycles. The van der Waals surface area contributed by atoms with Crippen LogP contribution in [-0.2, 0) is 14.8 Å². The highest BCUT2D eigenvalue weighted by Gasteiger charge is 2.29. The lowest BCUT2D eigenvalue weighted by Crippen LogP contribution is -2.33. The van der Waals surface area contributed by atoms with Crippen LogP contribution in [0.15, 0.2) is 23.1 Å². The van der Waals surface area contributed by atoms with Crippen molar-refractivity contribution in [1.29, 1.82) is 0 Å². The molecule has 112 valence electrons. The highest BCUT2D eigenvalue weighted by molar-refractivity contribution is 7.89. The maximum absolute atomic E-state index is 13.6. The summed E-state index contributed by atoms with van der Waals surface area (Å²) in [5.74, 6) is -0.680. The van der Waals surface area contributed by atoms with E-state index < -0.39 is 20.7 Å². The van der Waals surface area contributed by atoms with Gasteiger partial charge in [-0.05, 0) is 31.0 Å².